The van der Waals surface area contributed by atoms with Crippen LogP contribution < -0.4 is 19.5 Å². The van der Waals surface area contributed by atoms with E-state index in [-0.39, 0.29) is 6.61 Å². The summed E-state index contributed by atoms with van der Waals surface area (Å²) in [7, 11) is 0. The number of hydrogen-bond acceptors (Lipinski definition) is 6. The van der Waals surface area contributed by atoms with Crippen LogP contribution >= 0.6 is 11.6 Å². The molecule has 3 rings (SSSR count). The van der Waals surface area contributed by atoms with Crippen molar-refractivity contribution in [2.24, 2.45) is 0 Å². The fourth-order valence-corrected chi connectivity index (χ4v) is 2.79. The maximum atomic E-state index is 12.3. The molecule has 1 heterocycles. The molecule has 1 aliphatic heterocycles. The third-order valence-electron chi connectivity index (χ3n) is 3.97. The normalized spacial score (nSPS) is 13.4. The van der Waals surface area contributed by atoms with Gasteiger partial charge >= 0.3 is 5.97 Å². The van der Waals surface area contributed by atoms with E-state index in [9.17, 15) is 9.59 Å². The van der Waals surface area contributed by atoms with Gasteiger partial charge in [-0.05, 0) is 49.7 Å². The Labute approximate surface area is 167 Å². The van der Waals surface area contributed by atoms with Crippen molar-refractivity contribution in [1.29, 1.82) is 0 Å². The lowest BCUT2D eigenvalue weighted by Gasteiger charge is -2.19. The fraction of sp³-hybridized carbons (Fsp3) is 0.300. The first kappa shape index (κ1) is 19.8. The lowest BCUT2D eigenvalue weighted by Crippen LogP contribution is -2.31. The molecule has 0 spiro atoms. The lowest BCUT2D eigenvalue weighted by atomic mass is 10.2. The summed E-state index contributed by atoms with van der Waals surface area (Å²) < 4.78 is 21.5. The summed E-state index contributed by atoms with van der Waals surface area (Å²) >= 11 is 5.88. The molecule has 148 valence electrons. The average Bonchev–Trinajstić information content (AvgIpc) is 2.67. The second kappa shape index (κ2) is 8.84. The third kappa shape index (κ3) is 5.07. The zero-order valence-corrected chi connectivity index (χ0v) is 16.2. The van der Waals surface area contributed by atoms with E-state index in [0.717, 1.165) is 5.56 Å². The number of ether oxygens (including phenoxy) is 4. The maximum absolute atomic E-state index is 12.3. The van der Waals surface area contributed by atoms with Gasteiger partial charge in [-0.1, -0.05) is 11.6 Å². The Morgan fingerprint density at radius 2 is 1.89 bits per heavy atom. The monoisotopic (exact) mass is 405 g/mol. The summed E-state index contributed by atoms with van der Waals surface area (Å²) in [5, 5.41) is 3.26. The average molecular weight is 406 g/mol. The number of hydrogen-bond donors (Lipinski definition) is 1. The molecule has 0 aromatic heterocycles. The van der Waals surface area contributed by atoms with Crippen molar-refractivity contribution in [2.75, 3.05) is 25.1 Å². The van der Waals surface area contributed by atoms with Crippen LogP contribution in [0.25, 0.3) is 0 Å². The van der Waals surface area contributed by atoms with Crippen LogP contribution in [0, 0.1) is 6.92 Å². The minimum absolute atomic E-state index is 0.315. The number of aryl methyl sites for hydroxylation is 1. The minimum atomic E-state index is -0.990. The van der Waals surface area contributed by atoms with Gasteiger partial charge in [0.15, 0.2) is 24.2 Å². The fourth-order valence-electron chi connectivity index (χ4n) is 2.56. The number of benzene rings is 2. The smallest absolute Gasteiger partial charge is 0.344 e. The number of amides is 1. The van der Waals surface area contributed by atoms with Crippen molar-refractivity contribution < 1.29 is 28.5 Å². The Morgan fingerprint density at radius 1 is 1.14 bits per heavy atom. The van der Waals surface area contributed by atoms with Crippen LogP contribution in [0.4, 0.5) is 5.69 Å². The largest absolute Gasteiger partial charge is 0.486 e. The van der Waals surface area contributed by atoms with E-state index in [1.165, 1.54) is 6.92 Å². The van der Waals surface area contributed by atoms with Crippen LogP contribution in [0.3, 0.4) is 0 Å². The Bertz CT molecular complexity index is 885. The summed E-state index contributed by atoms with van der Waals surface area (Å²) in [5.41, 5.74) is 1.31. The first-order chi connectivity index (χ1) is 13.4. The van der Waals surface area contributed by atoms with Gasteiger partial charge in [0.25, 0.3) is 5.91 Å². The van der Waals surface area contributed by atoms with Crippen molar-refractivity contribution in [1.82, 2.24) is 0 Å². The molecular formula is C20H20ClNO6. The standard InChI is InChI=1S/C20H20ClNO6/c1-12-9-14(21)3-5-16(12)27-11-19(23)28-13(2)20(24)22-15-4-6-17-18(10-15)26-8-7-25-17/h3-6,9-10,13H,7-8,11H2,1-2H3,(H,22,24)/t13-/m0/s1. The molecule has 0 radical (unpaired) electrons. The highest BCUT2D eigenvalue weighted by Gasteiger charge is 2.20. The molecular weight excluding hydrogens is 386 g/mol. The highest BCUT2D eigenvalue weighted by molar-refractivity contribution is 6.30. The van der Waals surface area contributed by atoms with Gasteiger partial charge in [0.1, 0.15) is 19.0 Å². The highest BCUT2D eigenvalue weighted by Crippen LogP contribution is 2.32. The Kier molecular flexibility index (Phi) is 6.26. The summed E-state index contributed by atoms with van der Waals surface area (Å²) in [6, 6.07) is 10.1. The van der Waals surface area contributed by atoms with Crippen molar-refractivity contribution in [3.05, 3.63) is 47.0 Å². The van der Waals surface area contributed by atoms with Crippen molar-refractivity contribution >= 4 is 29.2 Å². The number of halogens is 1. The molecule has 0 unspecified atom stereocenters. The summed E-state index contributed by atoms with van der Waals surface area (Å²) in [4.78, 5) is 24.2. The van der Waals surface area contributed by atoms with Crippen molar-refractivity contribution in [2.45, 2.75) is 20.0 Å². The molecule has 1 N–H and O–H groups in total. The van der Waals surface area contributed by atoms with Crippen LogP contribution in [0.2, 0.25) is 5.02 Å². The van der Waals surface area contributed by atoms with Crippen LogP contribution in [0.15, 0.2) is 36.4 Å². The molecule has 1 aliphatic rings. The van der Waals surface area contributed by atoms with Gasteiger partial charge in [-0.15, -0.1) is 0 Å². The van der Waals surface area contributed by atoms with Gasteiger partial charge in [-0.25, -0.2) is 4.79 Å². The first-order valence-corrected chi connectivity index (χ1v) is 9.09. The van der Waals surface area contributed by atoms with E-state index < -0.39 is 18.0 Å². The zero-order valence-electron chi connectivity index (χ0n) is 15.5. The number of anilines is 1. The van der Waals surface area contributed by atoms with Gasteiger partial charge in [-0.2, -0.15) is 0 Å². The van der Waals surface area contributed by atoms with Gasteiger partial charge < -0.3 is 24.3 Å². The lowest BCUT2D eigenvalue weighted by molar-refractivity contribution is -0.155. The molecule has 0 fully saturated rings. The molecule has 0 saturated heterocycles. The van der Waals surface area contributed by atoms with Crippen LogP contribution in [-0.4, -0.2) is 37.8 Å². The molecule has 2 aromatic rings. The topological polar surface area (TPSA) is 83.1 Å². The van der Waals surface area contributed by atoms with Crippen LogP contribution in [-0.2, 0) is 14.3 Å². The minimum Gasteiger partial charge on any atom is -0.486 e. The molecule has 0 saturated carbocycles. The molecule has 2 aromatic carbocycles. The molecule has 0 bridgehead atoms. The predicted molar refractivity (Wildman–Crippen MR) is 103 cm³/mol. The summed E-state index contributed by atoms with van der Waals surface area (Å²) in [6.07, 6.45) is -0.990. The second-order valence-corrected chi connectivity index (χ2v) is 6.61. The van der Waals surface area contributed by atoms with Crippen molar-refractivity contribution in [3.63, 3.8) is 0 Å². The quantitative estimate of drug-likeness (QED) is 0.742. The van der Waals surface area contributed by atoms with Gasteiger partial charge in [0.2, 0.25) is 0 Å². The zero-order chi connectivity index (χ0) is 20.1. The number of esters is 1. The van der Waals surface area contributed by atoms with Crippen LogP contribution in [0.1, 0.15) is 12.5 Å². The van der Waals surface area contributed by atoms with E-state index in [2.05, 4.69) is 5.32 Å². The molecule has 28 heavy (non-hydrogen) atoms. The predicted octanol–water partition coefficient (Wildman–Crippen LogP) is 3.37. The number of nitrogens with one attached hydrogen (secondary N) is 1. The molecule has 0 aliphatic carbocycles. The summed E-state index contributed by atoms with van der Waals surface area (Å²) in [6.45, 7) is 3.92. The van der Waals surface area contributed by atoms with E-state index in [0.29, 0.717) is 41.2 Å². The van der Waals surface area contributed by atoms with Gasteiger partial charge in [0, 0.05) is 16.8 Å². The van der Waals surface area contributed by atoms with E-state index in [1.807, 2.05) is 6.92 Å². The van der Waals surface area contributed by atoms with E-state index >= 15 is 0 Å². The Morgan fingerprint density at radius 3 is 2.64 bits per heavy atom. The van der Waals surface area contributed by atoms with Gasteiger partial charge in [0.05, 0.1) is 0 Å². The number of carbonyl (C=O) groups is 2. The molecule has 1 amide bonds. The molecule has 1 atom stereocenters. The Balaban J connectivity index is 1.50. The third-order valence-corrected chi connectivity index (χ3v) is 4.20. The number of carbonyl (C=O) groups excluding carboxylic acids is 2. The van der Waals surface area contributed by atoms with Crippen LogP contribution in [0.5, 0.6) is 17.2 Å². The highest BCUT2D eigenvalue weighted by atomic mass is 35.5. The second-order valence-electron chi connectivity index (χ2n) is 6.18. The Hall–Kier alpha value is -2.93. The maximum Gasteiger partial charge on any atom is 0.344 e. The number of rotatable bonds is 6. The molecule has 8 heteroatoms. The number of fused-ring (bicyclic) bond motifs is 1. The van der Waals surface area contributed by atoms with E-state index in [4.69, 9.17) is 30.5 Å². The van der Waals surface area contributed by atoms with Crippen molar-refractivity contribution in [3.8, 4) is 17.2 Å². The van der Waals surface area contributed by atoms with Gasteiger partial charge in [-0.3, -0.25) is 4.79 Å². The molecule has 7 nitrogen and oxygen atoms in total. The van der Waals surface area contributed by atoms with E-state index in [1.54, 1.807) is 36.4 Å². The summed E-state index contributed by atoms with van der Waals surface area (Å²) in [5.74, 6) is 0.584. The SMILES string of the molecule is Cc1cc(Cl)ccc1OCC(=O)O[C@@H](C)C(=O)Nc1ccc2c(c1)OCCO2. The first-order valence-electron chi connectivity index (χ1n) is 8.71.